The molecule has 8 rings (SSSR count). The molecule has 13 nitrogen and oxygen atoms in total. The number of allylic oxidation sites excluding steroid dienone is 2. The van der Waals surface area contributed by atoms with E-state index < -0.39 is 0 Å². The fourth-order valence-corrected chi connectivity index (χ4v) is 6.56. The Morgan fingerprint density at radius 3 is 1.58 bits per heavy atom. The molecule has 13 heteroatoms. The lowest BCUT2D eigenvalue weighted by atomic mass is 9.82. The van der Waals surface area contributed by atoms with Crippen molar-refractivity contribution in [2.24, 2.45) is 20.0 Å². The summed E-state index contributed by atoms with van der Waals surface area (Å²) < 4.78 is 0. The van der Waals surface area contributed by atoms with E-state index in [4.69, 9.17) is 23.1 Å². The molecule has 0 bridgehead atoms. The molecule has 0 unspecified atom stereocenters. The van der Waals surface area contributed by atoms with Gasteiger partial charge in [0.2, 0.25) is 0 Å². The molecule has 0 amide bonds. The number of rotatable bonds is 3. The van der Waals surface area contributed by atoms with E-state index in [1.165, 1.54) is 29.8 Å². The van der Waals surface area contributed by atoms with Crippen LogP contribution in [0.2, 0.25) is 0 Å². The van der Waals surface area contributed by atoms with E-state index in [1.54, 1.807) is 0 Å². The summed E-state index contributed by atoms with van der Waals surface area (Å²) >= 11 is 0. The van der Waals surface area contributed by atoms with Gasteiger partial charge in [0.25, 0.3) is 0 Å². The van der Waals surface area contributed by atoms with Gasteiger partial charge in [-0.25, -0.2) is 34.9 Å². The highest BCUT2D eigenvalue weighted by Crippen LogP contribution is 2.49. The Labute approximate surface area is 300 Å². The van der Waals surface area contributed by atoms with Crippen molar-refractivity contribution in [2.45, 2.75) is 19.3 Å². The van der Waals surface area contributed by atoms with Crippen LogP contribution in [-0.2, 0) is 5.41 Å². The van der Waals surface area contributed by atoms with E-state index in [9.17, 15) is 21.0 Å². The molecule has 0 radical (unpaired) electrons. The van der Waals surface area contributed by atoms with Gasteiger partial charge in [-0.3, -0.25) is 9.69 Å². The van der Waals surface area contributed by atoms with E-state index in [1.807, 2.05) is 42.5 Å². The number of fused-ring (bicyclic) bond motifs is 5. The lowest BCUT2D eigenvalue weighted by Crippen LogP contribution is -2.22. The molecule has 242 valence electrons. The molecule has 3 aliphatic rings. The van der Waals surface area contributed by atoms with Gasteiger partial charge in [-0.05, 0) is 52.6 Å². The molecule has 1 aliphatic carbocycles. The monoisotopic (exact) mass is 679 g/mol. The highest BCUT2D eigenvalue weighted by atomic mass is 15.1. The molecule has 4 aromatic carbocycles. The van der Waals surface area contributed by atoms with Gasteiger partial charge in [-0.1, -0.05) is 50.2 Å². The third kappa shape index (κ3) is 4.91. The summed E-state index contributed by atoms with van der Waals surface area (Å²) in [5, 5.41) is 41.2. The zero-order valence-electron chi connectivity index (χ0n) is 27.7. The highest BCUT2D eigenvalue weighted by molar-refractivity contribution is 5.84. The third-order valence-corrected chi connectivity index (χ3v) is 9.17. The van der Waals surface area contributed by atoms with Crippen LogP contribution in [0.5, 0.6) is 0 Å². The summed E-state index contributed by atoms with van der Waals surface area (Å²) in [4.78, 5) is 38.7. The molecule has 0 saturated carbocycles. The largest absolute Gasteiger partial charge is 0.250 e. The maximum Gasteiger partial charge on any atom is 0.196 e. The first-order valence-electron chi connectivity index (χ1n) is 15.8. The summed E-state index contributed by atoms with van der Waals surface area (Å²) in [5.74, 6) is -0.222. The predicted octanol–water partition coefficient (Wildman–Crippen LogP) is 4.98. The number of hydrogen-bond acceptors (Lipinski definition) is 11. The van der Waals surface area contributed by atoms with Crippen molar-refractivity contribution in [1.82, 2.24) is 15.0 Å². The van der Waals surface area contributed by atoms with Crippen molar-refractivity contribution in [2.75, 3.05) is 0 Å². The van der Waals surface area contributed by atoms with Crippen molar-refractivity contribution in [3.05, 3.63) is 157 Å². The van der Waals surface area contributed by atoms with Crippen LogP contribution in [0.4, 0.5) is 11.4 Å². The first-order valence-corrected chi connectivity index (χ1v) is 15.8. The molecule has 0 atom stereocenters. The van der Waals surface area contributed by atoms with E-state index in [0.717, 1.165) is 16.7 Å². The summed E-state index contributed by atoms with van der Waals surface area (Å²) in [6.45, 7) is 19.2. The Kier molecular flexibility index (Phi) is 7.09. The molecule has 3 heterocycles. The van der Waals surface area contributed by atoms with Crippen molar-refractivity contribution in [1.29, 1.82) is 21.0 Å². The number of hydrogen-bond donors (Lipinski definition) is 0. The minimum atomic E-state index is -0.347. The first kappa shape index (κ1) is 31.8. The highest BCUT2D eigenvalue weighted by Gasteiger charge is 2.35. The molecular formula is C40H17N13. The third-order valence-electron chi connectivity index (χ3n) is 9.17. The Hall–Kier alpha value is -8.49. The molecule has 0 spiro atoms. The zero-order valence-corrected chi connectivity index (χ0v) is 27.7. The minimum absolute atomic E-state index is 0.0453. The fourth-order valence-electron chi connectivity index (χ4n) is 6.56. The lowest BCUT2D eigenvalue weighted by Gasteiger charge is -2.21. The van der Waals surface area contributed by atoms with Crippen LogP contribution in [0.1, 0.15) is 47.8 Å². The quantitative estimate of drug-likeness (QED) is 0.190. The van der Waals surface area contributed by atoms with Crippen LogP contribution in [0.3, 0.4) is 0 Å². The molecule has 5 aromatic rings. The summed E-state index contributed by atoms with van der Waals surface area (Å²) in [5.41, 5.74) is 4.78. The number of nitriles is 4. The van der Waals surface area contributed by atoms with Gasteiger partial charge in [0.15, 0.2) is 40.5 Å². The smallest absolute Gasteiger partial charge is 0.196 e. The van der Waals surface area contributed by atoms with Crippen LogP contribution in [0.25, 0.3) is 43.4 Å². The van der Waals surface area contributed by atoms with Gasteiger partial charge in [0, 0.05) is 11.0 Å². The summed E-state index contributed by atoms with van der Waals surface area (Å²) in [7, 11) is 0. The maximum absolute atomic E-state index is 10.5. The Bertz CT molecular complexity index is 2890. The average Bonchev–Trinajstić information content (AvgIpc) is 3.85. The van der Waals surface area contributed by atoms with Crippen LogP contribution in [0, 0.1) is 58.5 Å². The molecular weight excluding hydrogens is 663 g/mol. The van der Waals surface area contributed by atoms with Gasteiger partial charge in [0.1, 0.15) is 35.4 Å². The van der Waals surface area contributed by atoms with Crippen LogP contribution < -0.4 is 21.4 Å². The molecule has 53 heavy (non-hydrogen) atoms. The molecule has 1 aromatic heterocycles. The normalized spacial score (nSPS) is 13.3. The topological polar surface area (TPSA) is 192 Å². The second-order valence-electron chi connectivity index (χ2n) is 12.5. The average molecular weight is 680 g/mol. The summed E-state index contributed by atoms with van der Waals surface area (Å²) in [6.07, 6.45) is 0. The number of aromatic nitrogens is 3. The van der Waals surface area contributed by atoms with Gasteiger partial charge in [-0.15, -0.1) is 0 Å². The van der Waals surface area contributed by atoms with Gasteiger partial charge in [-0.2, -0.15) is 21.0 Å². The molecule has 0 N–H and O–H groups in total. The maximum atomic E-state index is 10.5. The van der Waals surface area contributed by atoms with E-state index in [0.29, 0.717) is 16.3 Å². The lowest BCUT2D eigenvalue weighted by molar-refractivity contribution is 0.660. The van der Waals surface area contributed by atoms with Crippen molar-refractivity contribution in [3.8, 4) is 46.8 Å². The Morgan fingerprint density at radius 2 is 1.09 bits per heavy atom. The fraction of sp³-hybridized carbons (Fsp3) is 0.0750. The number of benzene rings is 4. The first-order chi connectivity index (χ1) is 25.7. The Balaban J connectivity index is 1.37. The van der Waals surface area contributed by atoms with E-state index in [-0.39, 0.29) is 78.9 Å². The van der Waals surface area contributed by atoms with Crippen molar-refractivity contribution in [3.63, 3.8) is 0 Å². The zero-order chi connectivity index (χ0) is 37.0. The van der Waals surface area contributed by atoms with Crippen molar-refractivity contribution >= 4 is 22.5 Å². The summed E-state index contributed by atoms with van der Waals surface area (Å²) in [6, 6.07) is 27.9. The standard InChI is InChI=1S/C40H17N13/c1-40(2)27-8-6-5-7-23(27)24-10-9-20(11-28(24)40)35-51-38(25(18-43)36-47-31-12-21(16-41)22(17-42)13-32(31)48-36)53-39(52-35)26(19-44)37-49-33-14-29(45-3)30(46-4)15-34(33)50-37/h5-15H,1-2H3. The van der Waals surface area contributed by atoms with Gasteiger partial charge in [0.05, 0.1) is 45.7 Å². The minimum Gasteiger partial charge on any atom is -0.250 e. The number of nitrogens with zero attached hydrogens (tertiary/aromatic N) is 13. The molecule has 0 fully saturated rings. The second-order valence-corrected chi connectivity index (χ2v) is 12.5. The van der Waals surface area contributed by atoms with Crippen LogP contribution >= 0.6 is 0 Å². The Morgan fingerprint density at radius 1 is 0.604 bits per heavy atom. The van der Waals surface area contributed by atoms with Crippen LogP contribution in [0.15, 0.2) is 98.3 Å². The SMILES string of the molecule is [C-]#[N+]c1cc2c(cc1[N+]#[C-])=NC(=C(C#N)c1nc(C(C#N)=C3N=c4cc(C#N)c(C#N)cc4=N3)nc(-c3ccc4c(c3)C(C)(C)c3ccccc3-4)n1)N=2. The van der Waals surface area contributed by atoms with E-state index in [2.05, 4.69) is 72.8 Å². The van der Waals surface area contributed by atoms with Crippen LogP contribution in [-0.4, -0.2) is 15.0 Å². The van der Waals surface area contributed by atoms with Crippen molar-refractivity contribution < 1.29 is 0 Å². The molecule has 2 aliphatic heterocycles. The van der Waals surface area contributed by atoms with E-state index >= 15 is 0 Å². The molecule has 0 saturated heterocycles. The van der Waals surface area contributed by atoms with Gasteiger partial charge >= 0.3 is 0 Å². The second kappa shape index (κ2) is 11.8. The predicted molar refractivity (Wildman–Crippen MR) is 187 cm³/mol. The van der Waals surface area contributed by atoms with Gasteiger partial charge < -0.3 is 0 Å².